The highest BCUT2D eigenvalue weighted by Gasteiger charge is 2.10. The van der Waals surface area contributed by atoms with Gasteiger partial charge in [-0.25, -0.2) is 4.98 Å². The molecule has 5 nitrogen and oxygen atoms in total. The van der Waals surface area contributed by atoms with Crippen LogP contribution in [-0.2, 0) is 17.8 Å². The second-order valence-corrected chi connectivity index (χ2v) is 6.49. The Labute approximate surface area is 125 Å². The number of carbonyl (C=O) groups excluding carboxylic acids is 1. The van der Waals surface area contributed by atoms with Gasteiger partial charge in [-0.1, -0.05) is 18.3 Å². The van der Waals surface area contributed by atoms with Crippen LogP contribution in [0.1, 0.15) is 29.6 Å². The molecule has 2 rings (SSSR count). The third-order valence-electron chi connectivity index (χ3n) is 3.01. The van der Waals surface area contributed by atoms with Crippen LogP contribution in [0.4, 0.5) is 5.13 Å². The molecule has 108 valence electrons. The number of nitrogens with one attached hydrogen (secondary N) is 1. The van der Waals surface area contributed by atoms with Crippen molar-refractivity contribution in [1.82, 2.24) is 9.55 Å². The Bertz CT molecular complexity index is 669. The summed E-state index contributed by atoms with van der Waals surface area (Å²) in [6.45, 7) is 6.32. The Hall–Kier alpha value is -1.47. The average Bonchev–Trinajstić information content (AvgIpc) is 2.91. The Kier molecular flexibility index (Phi) is 4.72. The summed E-state index contributed by atoms with van der Waals surface area (Å²) >= 11 is 2.65. The molecule has 0 saturated carbocycles. The van der Waals surface area contributed by atoms with E-state index in [0.29, 0.717) is 11.7 Å². The molecule has 1 N–H and O–H groups in total. The van der Waals surface area contributed by atoms with Crippen LogP contribution in [0.2, 0.25) is 0 Å². The van der Waals surface area contributed by atoms with Crippen molar-refractivity contribution >= 4 is 33.7 Å². The van der Waals surface area contributed by atoms with E-state index in [-0.39, 0.29) is 17.2 Å². The molecular weight excluding hydrogens is 294 g/mol. The van der Waals surface area contributed by atoms with E-state index >= 15 is 0 Å². The molecule has 0 atom stereocenters. The van der Waals surface area contributed by atoms with Crippen molar-refractivity contribution in [2.45, 2.75) is 40.2 Å². The number of hydrogen-bond donors (Lipinski definition) is 1. The van der Waals surface area contributed by atoms with Crippen LogP contribution < -0.4 is 10.2 Å². The smallest absolute Gasteiger partial charge is 0.303 e. The normalized spacial score (nSPS) is 10.8. The van der Waals surface area contributed by atoms with Crippen molar-refractivity contribution in [1.29, 1.82) is 0 Å². The lowest BCUT2D eigenvalue weighted by Crippen LogP contribution is -2.20. The minimum absolute atomic E-state index is 0.0198. The molecule has 7 heteroatoms. The van der Waals surface area contributed by atoms with Crippen LogP contribution >= 0.6 is 22.7 Å². The SMILES string of the molecule is CCc1nc(NC(=O)CCn2c(C)csc2=O)sc1C. The first-order valence-corrected chi connectivity index (χ1v) is 8.12. The lowest BCUT2D eigenvalue weighted by molar-refractivity contribution is -0.116. The van der Waals surface area contributed by atoms with Crippen LogP contribution in [0.25, 0.3) is 0 Å². The summed E-state index contributed by atoms with van der Waals surface area (Å²) in [5.41, 5.74) is 1.92. The fourth-order valence-electron chi connectivity index (χ4n) is 1.88. The van der Waals surface area contributed by atoms with Gasteiger partial charge in [0.25, 0.3) is 0 Å². The lowest BCUT2D eigenvalue weighted by atomic mass is 10.3. The molecule has 2 aromatic rings. The van der Waals surface area contributed by atoms with Gasteiger partial charge in [-0.3, -0.25) is 9.59 Å². The van der Waals surface area contributed by atoms with Crippen molar-refractivity contribution < 1.29 is 4.79 Å². The predicted molar refractivity (Wildman–Crippen MR) is 82.8 cm³/mol. The number of thiazole rings is 2. The first kappa shape index (κ1) is 14.9. The number of anilines is 1. The molecule has 0 aliphatic heterocycles. The highest BCUT2D eigenvalue weighted by atomic mass is 32.1. The monoisotopic (exact) mass is 311 g/mol. The molecule has 0 radical (unpaired) electrons. The fourth-order valence-corrected chi connectivity index (χ4v) is 3.56. The van der Waals surface area contributed by atoms with Gasteiger partial charge in [-0.15, -0.1) is 11.3 Å². The number of aromatic nitrogens is 2. The molecule has 0 aromatic carbocycles. The number of aryl methyl sites for hydroxylation is 3. The molecule has 0 aliphatic rings. The summed E-state index contributed by atoms with van der Waals surface area (Å²) < 4.78 is 1.62. The van der Waals surface area contributed by atoms with Crippen molar-refractivity contribution in [3.63, 3.8) is 0 Å². The van der Waals surface area contributed by atoms with Crippen LogP contribution in [0.5, 0.6) is 0 Å². The van der Waals surface area contributed by atoms with Gasteiger partial charge in [0.15, 0.2) is 5.13 Å². The summed E-state index contributed by atoms with van der Waals surface area (Å²) in [6.07, 6.45) is 1.14. The van der Waals surface area contributed by atoms with E-state index in [4.69, 9.17) is 0 Å². The standard InChI is InChI=1S/C13H17N3O2S2/c1-4-10-9(3)20-12(14-10)15-11(17)5-6-16-8(2)7-19-13(16)18/h7H,4-6H2,1-3H3,(H,14,15,17). The zero-order valence-electron chi connectivity index (χ0n) is 11.7. The maximum Gasteiger partial charge on any atom is 0.307 e. The lowest BCUT2D eigenvalue weighted by Gasteiger charge is -2.04. The Morgan fingerprint density at radius 3 is 2.75 bits per heavy atom. The van der Waals surface area contributed by atoms with Gasteiger partial charge < -0.3 is 9.88 Å². The third-order valence-corrected chi connectivity index (χ3v) is 4.82. The molecule has 2 aromatic heterocycles. The highest BCUT2D eigenvalue weighted by molar-refractivity contribution is 7.15. The van der Waals surface area contributed by atoms with Gasteiger partial charge in [-0.05, 0) is 20.3 Å². The van der Waals surface area contributed by atoms with Crippen LogP contribution in [0.3, 0.4) is 0 Å². The van der Waals surface area contributed by atoms with Gasteiger partial charge in [0.1, 0.15) is 0 Å². The molecule has 0 unspecified atom stereocenters. The molecule has 0 saturated heterocycles. The molecule has 0 spiro atoms. The summed E-state index contributed by atoms with van der Waals surface area (Å²) in [6, 6.07) is 0. The van der Waals surface area contributed by atoms with E-state index in [1.54, 1.807) is 9.95 Å². The third kappa shape index (κ3) is 3.34. The summed E-state index contributed by atoms with van der Waals surface area (Å²) in [7, 11) is 0. The minimum Gasteiger partial charge on any atom is -0.303 e. The van der Waals surface area contributed by atoms with Crippen LogP contribution in [0, 0.1) is 13.8 Å². The number of carbonyl (C=O) groups is 1. The number of nitrogens with zero attached hydrogens (tertiary/aromatic N) is 2. The van der Waals surface area contributed by atoms with Gasteiger partial charge >= 0.3 is 4.87 Å². The zero-order valence-corrected chi connectivity index (χ0v) is 13.4. The first-order chi connectivity index (χ1) is 9.51. The Morgan fingerprint density at radius 1 is 1.45 bits per heavy atom. The van der Waals surface area contributed by atoms with E-state index in [9.17, 15) is 9.59 Å². The van der Waals surface area contributed by atoms with E-state index in [1.807, 2.05) is 20.8 Å². The van der Waals surface area contributed by atoms with Crippen molar-refractivity contribution in [2.75, 3.05) is 5.32 Å². The molecule has 0 fully saturated rings. The van der Waals surface area contributed by atoms with Gasteiger partial charge in [0.2, 0.25) is 5.91 Å². The van der Waals surface area contributed by atoms with E-state index in [2.05, 4.69) is 10.3 Å². The first-order valence-electron chi connectivity index (χ1n) is 6.42. The van der Waals surface area contributed by atoms with E-state index in [1.165, 1.54) is 11.3 Å². The highest BCUT2D eigenvalue weighted by Crippen LogP contribution is 2.22. The quantitative estimate of drug-likeness (QED) is 0.923. The summed E-state index contributed by atoms with van der Waals surface area (Å²) in [5, 5.41) is 5.24. The fraction of sp³-hybridized carbons (Fsp3) is 0.462. The van der Waals surface area contributed by atoms with Crippen LogP contribution in [-0.4, -0.2) is 15.5 Å². The number of rotatable bonds is 5. The van der Waals surface area contributed by atoms with E-state index in [0.717, 1.165) is 34.0 Å². The Morgan fingerprint density at radius 2 is 2.20 bits per heavy atom. The molecule has 0 bridgehead atoms. The minimum atomic E-state index is -0.112. The van der Waals surface area contributed by atoms with E-state index < -0.39 is 0 Å². The van der Waals surface area contributed by atoms with Crippen molar-refractivity contribution in [3.05, 3.63) is 31.3 Å². The summed E-state index contributed by atoms with van der Waals surface area (Å²) in [4.78, 5) is 28.9. The van der Waals surface area contributed by atoms with Gasteiger partial charge in [-0.2, -0.15) is 0 Å². The molecule has 2 heterocycles. The zero-order chi connectivity index (χ0) is 14.7. The average molecular weight is 311 g/mol. The number of hydrogen-bond acceptors (Lipinski definition) is 5. The largest absolute Gasteiger partial charge is 0.307 e. The molecule has 1 amide bonds. The Balaban J connectivity index is 1.94. The van der Waals surface area contributed by atoms with Crippen molar-refractivity contribution in [3.8, 4) is 0 Å². The maximum absolute atomic E-state index is 11.9. The predicted octanol–water partition coefficient (Wildman–Crippen LogP) is 2.57. The van der Waals surface area contributed by atoms with Gasteiger partial charge in [0, 0.05) is 28.9 Å². The number of amides is 1. The van der Waals surface area contributed by atoms with Crippen molar-refractivity contribution in [2.24, 2.45) is 0 Å². The summed E-state index contributed by atoms with van der Waals surface area (Å²) in [5.74, 6) is -0.112. The second kappa shape index (κ2) is 6.32. The molecular formula is C13H17N3O2S2. The topological polar surface area (TPSA) is 64.0 Å². The van der Waals surface area contributed by atoms with Crippen LogP contribution in [0.15, 0.2) is 10.2 Å². The maximum atomic E-state index is 11.9. The molecule has 0 aliphatic carbocycles. The van der Waals surface area contributed by atoms with Gasteiger partial charge in [0.05, 0.1) is 5.69 Å². The molecule has 20 heavy (non-hydrogen) atoms. The second-order valence-electron chi connectivity index (χ2n) is 4.47.